The van der Waals surface area contributed by atoms with Crippen LogP contribution >= 0.6 is 27.5 Å². The van der Waals surface area contributed by atoms with Crippen LogP contribution in [0.2, 0.25) is 5.02 Å². The van der Waals surface area contributed by atoms with Crippen molar-refractivity contribution in [2.45, 2.75) is 19.8 Å². The van der Waals surface area contributed by atoms with Crippen LogP contribution < -0.4 is 4.74 Å². The Hall–Kier alpha value is -4.08. The lowest BCUT2D eigenvalue weighted by molar-refractivity contribution is -0.154. The number of carbonyl (C=O) groups excluding carboxylic acids is 5. The molecular formula is C31H24BrClN2O6. The molecule has 1 aliphatic heterocycles. The predicted octanol–water partition coefficient (Wildman–Crippen LogP) is 5.90. The molecule has 208 valence electrons. The number of hydrazine groups is 1. The molecule has 2 aliphatic rings. The van der Waals surface area contributed by atoms with Crippen molar-refractivity contribution >= 4 is 57.0 Å². The van der Waals surface area contributed by atoms with Crippen molar-refractivity contribution in [1.82, 2.24) is 10.0 Å². The van der Waals surface area contributed by atoms with Gasteiger partial charge in [-0.15, -0.1) is 0 Å². The first-order valence-corrected chi connectivity index (χ1v) is 14.0. The number of halogens is 2. The maximum absolute atomic E-state index is 13.6. The fourth-order valence-electron chi connectivity index (χ4n) is 4.92. The van der Waals surface area contributed by atoms with Crippen LogP contribution in [0, 0.1) is 11.8 Å². The highest BCUT2D eigenvalue weighted by atomic mass is 79.9. The number of rotatable bonds is 7. The van der Waals surface area contributed by atoms with Gasteiger partial charge in [-0.1, -0.05) is 39.2 Å². The van der Waals surface area contributed by atoms with Crippen LogP contribution in [0.4, 0.5) is 0 Å². The lowest BCUT2D eigenvalue weighted by Gasteiger charge is -2.30. The molecule has 3 aromatic rings. The van der Waals surface area contributed by atoms with Gasteiger partial charge in [0.05, 0.1) is 17.4 Å². The maximum Gasteiger partial charge on any atom is 0.343 e. The number of esters is 1. The Bertz CT molecular complexity index is 1570. The quantitative estimate of drug-likeness (QED) is 0.105. The Balaban J connectivity index is 1.37. The summed E-state index contributed by atoms with van der Waals surface area (Å²) < 4.78 is 6.21. The molecule has 0 bridgehead atoms. The highest BCUT2D eigenvalue weighted by molar-refractivity contribution is 9.10. The maximum atomic E-state index is 13.6. The zero-order valence-electron chi connectivity index (χ0n) is 21.9. The van der Waals surface area contributed by atoms with Gasteiger partial charge in [0.15, 0.2) is 5.78 Å². The summed E-state index contributed by atoms with van der Waals surface area (Å²) >= 11 is 9.29. The normalized spacial score (nSPS) is 18.0. The number of ether oxygens (including phenoxy) is 1. The number of allylic oxidation sites excluding steroid dienone is 2. The highest BCUT2D eigenvalue weighted by Crippen LogP contribution is 2.38. The molecule has 5 rings (SSSR count). The lowest BCUT2D eigenvalue weighted by Crippen LogP contribution is -2.52. The molecule has 1 fully saturated rings. The van der Waals surface area contributed by atoms with E-state index >= 15 is 0 Å². The monoisotopic (exact) mass is 634 g/mol. The van der Waals surface area contributed by atoms with Crippen LogP contribution in [0.25, 0.3) is 0 Å². The molecular weight excluding hydrogens is 612 g/mol. The summed E-state index contributed by atoms with van der Waals surface area (Å²) in [6.45, 7) is 1.35. The number of imide groups is 1. The van der Waals surface area contributed by atoms with E-state index in [-0.39, 0.29) is 16.9 Å². The third-order valence-electron chi connectivity index (χ3n) is 7.13. The number of fused-ring (bicyclic) bond motifs is 1. The summed E-state index contributed by atoms with van der Waals surface area (Å²) in [6.07, 6.45) is 2.75. The Labute approximate surface area is 249 Å². The van der Waals surface area contributed by atoms with Gasteiger partial charge in [0.1, 0.15) is 12.3 Å². The number of carbonyl (C=O) groups is 5. The van der Waals surface area contributed by atoms with Crippen LogP contribution in [-0.2, 0) is 9.59 Å². The molecule has 3 amide bonds. The predicted molar refractivity (Wildman–Crippen MR) is 154 cm³/mol. The van der Waals surface area contributed by atoms with Gasteiger partial charge >= 0.3 is 5.97 Å². The van der Waals surface area contributed by atoms with E-state index in [0.717, 1.165) is 20.1 Å². The summed E-state index contributed by atoms with van der Waals surface area (Å²) in [7, 11) is 0. The van der Waals surface area contributed by atoms with Crippen molar-refractivity contribution in [3.05, 3.63) is 111 Å². The number of benzene rings is 3. The average molecular weight is 636 g/mol. The number of ketones is 1. The fraction of sp³-hybridized carbons (Fsp3) is 0.194. The van der Waals surface area contributed by atoms with Crippen LogP contribution in [0.15, 0.2) is 88.9 Å². The lowest BCUT2D eigenvalue weighted by atomic mass is 9.82. The minimum Gasteiger partial charge on any atom is -0.423 e. The topological polar surface area (TPSA) is 101 Å². The van der Waals surface area contributed by atoms with E-state index in [1.54, 1.807) is 24.3 Å². The second-order valence-corrected chi connectivity index (χ2v) is 11.3. The third-order valence-corrected chi connectivity index (χ3v) is 7.91. The van der Waals surface area contributed by atoms with E-state index in [1.807, 2.05) is 13.0 Å². The molecule has 0 aromatic heterocycles. The number of nitrogens with zero attached hydrogens (tertiary/aromatic N) is 2. The van der Waals surface area contributed by atoms with Crippen molar-refractivity contribution < 1.29 is 28.7 Å². The van der Waals surface area contributed by atoms with E-state index in [4.69, 9.17) is 16.3 Å². The zero-order valence-corrected chi connectivity index (χ0v) is 24.2. The van der Waals surface area contributed by atoms with Gasteiger partial charge in [-0.3, -0.25) is 19.2 Å². The molecule has 1 heterocycles. The smallest absolute Gasteiger partial charge is 0.343 e. The molecule has 2 atom stereocenters. The average Bonchev–Trinajstić information content (AvgIpc) is 3.20. The van der Waals surface area contributed by atoms with Crippen LogP contribution in [0.3, 0.4) is 0 Å². The van der Waals surface area contributed by atoms with Gasteiger partial charge in [0.25, 0.3) is 17.7 Å². The van der Waals surface area contributed by atoms with E-state index in [2.05, 4.69) is 15.9 Å². The molecule has 0 spiro atoms. The first kappa shape index (κ1) is 28.4. The largest absolute Gasteiger partial charge is 0.423 e. The third kappa shape index (κ3) is 6.01. The first-order chi connectivity index (χ1) is 19.6. The number of hydrogen-bond donors (Lipinski definition) is 0. The minimum absolute atomic E-state index is 0.169. The van der Waals surface area contributed by atoms with E-state index in [9.17, 15) is 24.0 Å². The Morgan fingerprint density at radius 1 is 0.878 bits per heavy atom. The molecule has 0 radical (unpaired) electrons. The number of hydrogen-bond acceptors (Lipinski definition) is 6. The molecule has 1 aliphatic carbocycles. The van der Waals surface area contributed by atoms with Crippen molar-refractivity contribution in [3.63, 3.8) is 0 Å². The molecule has 0 unspecified atom stereocenters. The zero-order chi connectivity index (χ0) is 29.3. The van der Waals surface area contributed by atoms with Gasteiger partial charge < -0.3 is 4.74 Å². The van der Waals surface area contributed by atoms with Gasteiger partial charge in [-0.25, -0.2) is 9.80 Å². The second-order valence-electron chi connectivity index (χ2n) is 9.91. The van der Waals surface area contributed by atoms with Crippen LogP contribution in [-0.4, -0.2) is 46.0 Å². The van der Waals surface area contributed by atoms with Crippen molar-refractivity contribution in [3.8, 4) is 5.75 Å². The van der Waals surface area contributed by atoms with Crippen molar-refractivity contribution in [1.29, 1.82) is 0 Å². The molecule has 8 nitrogen and oxygen atoms in total. The fourth-order valence-corrected chi connectivity index (χ4v) is 5.31. The van der Waals surface area contributed by atoms with Crippen molar-refractivity contribution in [2.75, 3.05) is 6.54 Å². The number of amides is 3. The Kier molecular flexibility index (Phi) is 8.19. The SMILES string of the molecule is CC1=CC[C@@H]2C(=O)N(N(CC(=O)c3ccc(OC(=O)c4ccc(Br)cc4)cc3)C(=O)c3ccc(Cl)cc3)C(=O)[C@@H]2C1. The first-order valence-electron chi connectivity index (χ1n) is 12.8. The standard InChI is InChI=1S/C31H24BrClN2O6/c1-18-2-15-25-26(16-18)30(39)35(29(25)38)34(28(37)20-5-11-23(33)12-6-20)17-27(36)19-7-13-24(14-8-19)41-31(40)21-3-9-22(32)10-4-21/h2-14,25-26H,15-17H2,1H3/t25-,26+/m0/s1. The molecule has 1 saturated heterocycles. The van der Waals surface area contributed by atoms with Crippen LogP contribution in [0.1, 0.15) is 50.8 Å². The highest BCUT2D eigenvalue weighted by Gasteiger charge is 2.51. The molecule has 0 N–H and O–H groups in total. The minimum atomic E-state index is -0.680. The summed E-state index contributed by atoms with van der Waals surface area (Å²) in [5.74, 6) is -3.70. The van der Waals surface area contributed by atoms with Crippen molar-refractivity contribution in [2.24, 2.45) is 11.8 Å². The van der Waals surface area contributed by atoms with Gasteiger partial charge in [0.2, 0.25) is 0 Å². The van der Waals surface area contributed by atoms with Gasteiger partial charge in [0, 0.05) is 20.6 Å². The molecule has 3 aromatic carbocycles. The molecule has 41 heavy (non-hydrogen) atoms. The molecule has 0 saturated carbocycles. The van der Waals surface area contributed by atoms with Crippen LogP contribution in [0.5, 0.6) is 5.75 Å². The van der Waals surface area contributed by atoms with E-state index < -0.39 is 47.9 Å². The van der Waals surface area contributed by atoms with Gasteiger partial charge in [-0.05, 0) is 92.6 Å². The number of Topliss-reactive ketones (excluding diaryl/α,β-unsaturated/α-hetero) is 1. The van der Waals surface area contributed by atoms with Gasteiger partial charge in [-0.2, -0.15) is 5.01 Å². The van der Waals surface area contributed by atoms with E-state index in [0.29, 0.717) is 23.4 Å². The summed E-state index contributed by atoms with van der Waals surface area (Å²) in [4.78, 5) is 66.2. The second kappa shape index (κ2) is 11.8. The Morgan fingerprint density at radius 3 is 2.12 bits per heavy atom. The summed E-state index contributed by atoms with van der Waals surface area (Å²) in [6, 6.07) is 18.5. The van der Waals surface area contributed by atoms with E-state index in [1.165, 1.54) is 48.5 Å². The molecule has 10 heteroatoms. The summed E-state index contributed by atoms with van der Waals surface area (Å²) in [5, 5.41) is 2.17. The summed E-state index contributed by atoms with van der Waals surface area (Å²) in [5.41, 5.74) is 1.73. The Morgan fingerprint density at radius 2 is 1.46 bits per heavy atom.